The van der Waals surface area contributed by atoms with Crippen LogP contribution in [-0.2, 0) is 26.3 Å². The first-order chi connectivity index (χ1) is 20.7. The average molecular weight is 568 g/mol. The van der Waals surface area contributed by atoms with Gasteiger partial charge in [0.05, 0.1) is 17.2 Å². The van der Waals surface area contributed by atoms with Crippen LogP contribution < -0.4 is 4.57 Å². The van der Waals surface area contributed by atoms with Gasteiger partial charge in [-0.15, -0.1) is 0 Å². The van der Waals surface area contributed by atoms with E-state index in [0.29, 0.717) is 11.5 Å². The summed E-state index contributed by atoms with van der Waals surface area (Å²) in [4.78, 5) is 0. The number of benzene rings is 3. The summed E-state index contributed by atoms with van der Waals surface area (Å²) in [7, 11) is 2.12. The lowest BCUT2D eigenvalue weighted by molar-refractivity contribution is -0.660. The van der Waals surface area contributed by atoms with Crippen molar-refractivity contribution in [2.75, 3.05) is 0 Å². The van der Waals surface area contributed by atoms with E-state index in [0.717, 1.165) is 58.0 Å². The SMILES string of the molecule is Cc1ccc2c(oc3c(-c4ccc(C5CCCCC5)c5c4CCC5)c(C#N)ccc32)c1-c1cc(CC(C)(C)C)cc[n+]1C. The highest BCUT2D eigenvalue weighted by atomic mass is 16.3. The molecule has 2 heterocycles. The summed E-state index contributed by atoms with van der Waals surface area (Å²) in [5, 5.41) is 12.6. The standard InChI is InChI=1S/C40H43N2O/c1-25-14-16-33-34-17-15-28(24-41)37(32-19-18-29(27-10-7-6-8-11-27)30-12-9-13-31(30)32)39(34)43-38(33)36(25)35-22-26(20-21-42(35)5)23-40(2,3)4/h14-22,27H,6-13,23H2,1-5H3/q+1. The second-order valence-corrected chi connectivity index (χ2v) is 14.3. The Hall–Kier alpha value is -3.90. The molecule has 0 saturated heterocycles. The summed E-state index contributed by atoms with van der Waals surface area (Å²) in [5.41, 5.74) is 14.2. The van der Waals surface area contributed by atoms with Crippen molar-refractivity contribution in [2.24, 2.45) is 12.5 Å². The molecule has 0 unspecified atom stereocenters. The normalized spacial score (nSPS) is 15.7. The molecule has 2 aromatic heterocycles. The zero-order chi connectivity index (χ0) is 29.9. The third-order valence-electron chi connectivity index (χ3n) is 9.98. The molecule has 7 rings (SSSR count). The van der Waals surface area contributed by atoms with E-state index < -0.39 is 0 Å². The van der Waals surface area contributed by atoms with Gasteiger partial charge in [0.15, 0.2) is 6.20 Å². The third kappa shape index (κ3) is 4.86. The molecule has 3 nitrogen and oxygen atoms in total. The Labute approximate surface area is 256 Å². The molecule has 1 saturated carbocycles. The van der Waals surface area contributed by atoms with Crippen LogP contribution in [0.25, 0.3) is 44.3 Å². The third-order valence-corrected chi connectivity index (χ3v) is 9.98. The van der Waals surface area contributed by atoms with Crippen LogP contribution >= 0.6 is 0 Å². The van der Waals surface area contributed by atoms with E-state index in [9.17, 15) is 5.26 Å². The number of nitriles is 1. The van der Waals surface area contributed by atoms with Gasteiger partial charge in [0.1, 0.15) is 18.2 Å². The van der Waals surface area contributed by atoms with Crippen molar-refractivity contribution in [1.82, 2.24) is 0 Å². The van der Waals surface area contributed by atoms with E-state index in [1.165, 1.54) is 60.8 Å². The van der Waals surface area contributed by atoms with E-state index in [-0.39, 0.29) is 5.41 Å². The summed E-state index contributed by atoms with van der Waals surface area (Å²) in [6, 6.07) is 20.3. The highest BCUT2D eigenvalue weighted by molar-refractivity contribution is 6.14. The van der Waals surface area contributed by atoms with Crippen LogP contribution in [0.5, 0.6) is 0 Å². The van der Waals surface area contributed by atoms with Gasteiger partial charge in [0.25, 0.3) is 0 Å². The first kappa shape index (κ1) is 27.9. The second kappa shape index (κ2) is 10.7. The first-order valence-electron chi connectivity index (χ1n) is 16.3. The summed E-state index contributed by atoms with van der Waals surface area (Å²) in [6.07, 6.45) is 13.3. The minimum atomic E-state index is 0.201. The van der Waals surface area contributed by atoms with Gasteiger partial charge < -0.3 is 4.42 Å². The van der Waals surface area contributed by atoms with E-state index in [2.05, 4.69) is 94.0 Å². The molecule has 5 aromatic rings. The molecule has 218 valence electrons. The predicted octanol–water partition coefficient (Wildman–Crippen LogP) is 10.0. The average Bonchev–Trinajstić information content (AvgIpc) is 3.63. The zero-order valence-electron chi connectivity index (χ0n) is 26.4. The van der Waals surface area contributed by atoms with E-state index in [1.807, 2.05) is 6.07 Å². The molecule has 2 aliphatic carbocycles. The molecule has 3 heteroatoms. The molecular formula is C40H43N2O+. The number of pyridine rings is 1. The van der Waals surface area contributed by atoms with Gasteiger partial charge in [-0.3, -0.25) is 0 Å². The largest absolute Gasteiger partial charge is 0.454 e. The van der Waals surface area contributed by atoms with Crippen molar-refractivity contribution >= 4 is 21.9 Å². The van der Waals surface area contributed by atoms with Crippen molar-refractivity contribution in [1.29, 1.82) is 5.26 Å². The molecule has 2 aliphatic rings. The fraction of sp³-hybridized carbons (Fsp3) is 0.400. The van der Waals surface area contributed by atoms with Crippen molar-refractivity contribution in [3.05, 3.63) is 88.1 Å². The van der Waals surface area contributed by atoms with E-state index in [1.54, 1.807) is 11.1 Å². The van der Waals surface area contributed by atoms with Gasteiger partial charge in [-0.2, -0.15) is 5.26 Å². The van der Waals surface area contributed by atoms with Crippen LogP contribution in [0.1, 0.15) is 98.6 Å². The van der Waals surface area contributed by atoms with Gasteiger partial charge in [-0.25, -0.2) is 4.57 Å². The maximum atomic E-state index is 10.4. The molecule has 0 N–H and O–H groups in total. The van der Waals surface area contributed by atoms with Crippen LogP contribution in [0.3, 0.4) is 0 Å². The minimum Gasteiger partial charge on any atom is -0.454 e. The first-order valence-corrected chi connectivity index (χ1v) is 16.3. The smallest absolute Gasteiger partial charge is 0.216 e. The van der Waals surface area contributed by atoms with Crippen LogP contribution in [0.15, 0.2) is 59.1 Å². The van der Waals surface area contributed by atoms with Crippen LogP contribution in [-0.4, -0.2) is 0 Å². The van der Waals surface area contributed by atoms with Gasteiger partial charge >= 0.3 is 0 Å². The number of rotatable bonds is 4. The number of fused-ring (bicyclic) bond motifs is 4. The summed E-state index contributed by atoms with van der Waals surface area (Å²) in [5.74, 6) is 0.687. The fourth-order valence-corrected chi connectivity index (χ4v) is 8.03. The number of furan rings is 1. The predicted molar refractivity (Wildman–Crippen MR) is 176 cm³/mol. The molecule has 0 radical (unpaired) electrons. The van der Waals surface area contributed by atoms with Crippen molar-refractivity contribution in [2.45, 2.75) is 91.4 Å². The van der Waals surface area contributed by atoms with Crippen molar-refractivity contribution < 1.29 is 8.98 Å². The second-order valence-electron chi connectivity index (χ2n) is 14.3. The summed E-state index contributed by atoms with van der Waals surface area (Å²) in [6.45, 7) is 9.05. The highest BCUT2D eigenvalue weighted by Gasteiger charge is 2.29. The molecule has 0 spiro atoms. The molecule has 0 amide bonds. The Morgan fingerprint density at radius 2 is 1.58 bits per heavy atom. The van der Waals surface area contributed by atoms with Gasteiger partial charge in [-0.1, -0.05) is 64.3 Å². The number of hydrogen-bond acceptors (Lipinski definition) is 2. The lowest BCUT2D eigenvalue weighted by Gasteiger charge is -2.25. The molecule has 43 heavy (non-hydrogen) atoms. The minimum absolute atomic E-state index is 0.201. The monoisotopic (exact) mass is 567 g/mol. The Morgan fingerprint density at radius 1 is 0.860 bits per heavy atom. The Kier molecular flexibility index (Phi) is 6.93. The maximum Gasteiger partial charge on any atom is 0.216 e. The van der Waals surface area contributed by atoms with Crippen LogP contribution in [0.2, 0.25) is 0 Å². The molecule has 3 aromatic carbocycles. The topological polar surface area (TPSA) is 40.8 Å². The van der Waals surface area contributed by atoms with Crippen molar-refractivity contribution in [3.63, 3.8) is 0 Å². The quantitative estimate of drug-likeness (QED) is 0.203. The number of hydrogen-bond donors (Lipinski definition) is 0. The lowest BCUT2D eigenvalue weighted by atomic mass is 9.80. The zero-order valence-corrected chi connectivity index (χ0v) is 26.4. The number of aromatic nitrogens is 1. The Bertz CT molecular complexity index is 1920. The number of nitrogens with zero attached hydrogens (tertiary/aromatic N) is 2. The molecule has 0 atom stereocenters. The van der Waals surface area contributed by atoms with Crippen molar-refractivity contribution in [3.8, 4) is 28.5 Å². The van der Waals surface area contributed by atoms with E-state index >= 15 is 0 Å². The Morgan fingerprint density at radius 3 is 2.33 bits per heavy atom. The number of aryl methyl sites for hydroxylation is 2. The summed E-state index contributed by atoms with van der Waals surface area (Å²) >= 11 is 0. The molecule has 0 aliphatic heterocycles. The molecule has 0 bridgehead atoms. The van der Waals surface area contributed by atoms with E-state index in [4.69, 9.17) is 4.42 Å². The molecular weight excluding hydrogens is 524 g/mol. The lowest BCUT2D eigenvalue weighted by Crippen LogP contribution is -2.31. The van der Waals surface area contributed by atoms with Gasteiger partial charge in [-0.05, 0) is 102 Å². The molecule has 1 fully saturated rings. The van der Waals surface area contributed by atoms with Crippen LogP contribution in [0.4, 0.5) is 0 Å². The van der Waals surface area contributed by atoms with Gasteiger partial charge in [0.2, 0.25) is 5.69 Å². The summed E-state index contributed by atoms with van der Waals surface area (Å²) < 4.78 is 9.19. The van der Waals surface area contributed by atoms with Gasteiger partial charge in [0, 0.05) is 28.5 Å². The Balaban J connectivity index is 1.46. The van der Waals surface area contributed by atoms with Crippen LogP contribution in [0, 0.1) is 23.7 Å². The fourth-order valence-electron chi connectivity index (χ4n) is 8.03. The highest BCUT2D eigenvalue weighted by Crippen LogP contribution is 2.46. The maximum absolute atomic E-state index is 10.4.